The summed E-state index contributed by atoms with van der Waals surface area (Å²) < 4.78 is 33.6. The van der Waals surface area contributed by atoms with Gasteiger partial charge in [0.05, 0.1) is 6.37 Å². The Bertz CT molecular complexity index is 290. The summed E-state index contributed by atoms with van der Waals surface area (Å²) in [4.78, 5) is 32.3. The van der Waals surface area contributed by atoms with Gasteiger partial charge in [-0.05, 0) is 6.85 Å². The first-order valence-corrected chi connectivity index (χ1v) is 2.11. The third-order valence-electron chi connectivity index (χ3n) is 0.547. The number of ketones is 3. The summed E-state index contributed by atoms with van der Waals surface area (Å²) in [6.45, 7) is -2.46. The molecular weight excluding hydrogens is 120 g/mol. The van der Waals surface area contributed by atoms with Crippen molar-refractivity contribution in [3.05, 3.63) is 0 Å². The van der Waals surface area contributed by atoms with Crippen molar-refractivity contribution in [3.63, 3.8) is 0 Å². The van der Waals surface area contributed by atoms with Crippen molar-refractivity contribution in [1.29, 1.82) is 0 Å². The van der Waals surface area contributed by atoms with Crippen molar-refractivity contribution >= 4 is 17.3 Å². The van der Waals surface area contributed by atoms with Crippen LogP contribution in [0.1, 0.15) is 27.0 Å². The lowest BCUT2D eigenvalue weighted by Crippen LogP contribution is -2.12. The highest BCUT2D eigenvalue weighted by Crippen LogP contribution is 1.85. The Morgan fingerprint density at radius 2 is 2.11 bits per heavy atom. The lowest BCUT2D eigenvalue weighted by molar-refractivity contribution is -0.137. The molecule has 0 aromatic rings. The molecule has 0 unspecified atom stereocenters. The fraction of sp³-hybridized carbons (Fsp3) is 0.500. The summed E-state index contributed by atoms with van der Waals surface area (Å²) in [6.07, 6.45) is -3.27. The minimum absolute atomic E-state index is 0.771. The van der Waals surface area contributed by atoms with Crippen LogP contribution in [0, 0.1) is 0 Å². The van der Waals surface area contributed by atoms with Gasteiger partial charge >= 0.3 is 0 Å². The lowest BCUT2D eigenvalue weighted by atomic mass is 10.2. The zero-order chi connectivity index (χ0) is 11.7. The number of Topliss-reactive ketones (excluding diaryl/α,β-unsaturated/α-hetero) is 3. The molecule has 0 atom stereocenters. The molecule has 0 spiro atoms. The Morgan fingerprint density at radius 1 is 1.56 bits per heavy atom. The maximum atomic E-state index is 10.9. The highest BCUT2D eigenvalue weighted by Gasteiger charge is 2.08. The highest BCUT2D eigenvalue weighted by molar-refractivity contribution is 6.39. The van der Waals surface area contributed by atoms with Crippen LogP contribution in [0.3, 0.4) is 0 Å². The zero-order valence-corrected chi connectivity index (χ0v) is 4.72. The van der Waals surface area contributed by atoms with Gasteiger partial charge in [-0.1, -0.05) is 0 Å². The molecule has 0 aliphatic rings. The smallest absolute Gasteiger partial charge is 0.205 e. The molecule has 0 aromatic heterocycles. The van der Waals surface area contributed by atoms with E-state index in [1.807, 2.05) is 0 Å². The molecular formula is C6H8O3. The average Bonchev–Trinajstić information content (AvgIpc) is 1.99. The molecule has 0 aromatic carbocycles. The summed E-state index contributed by atoms with van der Waals surface area (Å²) in [5, 5.41) is 0. The van der Waals surface area contributed by atoms with E-state index in [-0.39, 0.29) is 0 Å². The fourth-order valence-corrected chi connectivity index (χ4v) is 0.191. The van der Waals surface area contributed by atoms with Crippen molar-refractivity contribution in [2.75, 3.05) is 0 Å². The molecule has 0 N–H and O–H groups in total. The average molecular weight is 133 g/mol. The minimum atomic E-state index is -3.27. The molecule has 0 bridgehead atoms. The van der Waals surface area contributed by atoms with Crippen molar-refractivity contribution in [2.45, 2.75) is 20.1 Å². The molecule has 0 amide bonds. The van der Waals surface area contributed by atoms with Crippen molar-refractivity contribution < 1.29 is 21.2 Å². The second-order valence-corrected chi connectivity index (χ2v) is 1.34. The standard InChI is InChI=1S/C6H8O3/c1-4(7)3-6(9)5(2)8/h3H2,1-2H3/i1D3,3D2. The molecule has 3 nitrogen and oxygen atoms in total. The van der Waals surface area contributed by atoms with E-state index in [0.717, 1.165) is 6.92 Å². The SMILES string of the molecule is [2H]C([2H])([2H])C(=O)C([2H])([2H])C(=O)C(C)=O. The third-order valence-corrected chi connectivity index (χ3v) is 0.547. The van der Waals surface area contributed by atoms with E-state index in [0.29, 0.717) is 0 Å². The third kappa shape index (κ3) is 3.58. The molecule has 0 heterocycles. The Kier molecular flexibility index (Phi) is 0.946. The molecule has 0 fully saturated rings. The van der Waals surface area contributed by atoms with E-state index >= 15 is 0 Å². The molecule has 3 heteroatoms. The maximum Gasteiger partial charge on any atom is 0.205 e. The predicted molar refractivity (Wildman–Crippen MR) is 31.0 cm³/mol. The van der Waals surface area contributed by atoms with E-state index in [9.17, 15) is 14.4 Å². The topological polar surface area (TPSA) is 51.2 Å². The first kappa shape index (κ1) is 2.73. The molecule has 50 valence electrons. The van der Waals surface area contributed by atoms with E-state index in [1.165, 1.54) is 0 Å². The molecule has 0 rings (SSSR count). The molecule has 0 aliphatic carbocycles. The Morgan fingerprint density at radius 3 is 2.44 bits per heavy atom. The number of hydrogen-bond acceptors (Lipinski definition) is 3. The summed E-state index contributed by atoms with van der Waals surface area (Å²) in [5.74, 6) is -4.70. The van der Waals surface area contributed by atoms with Gasteiger partial charge in [-0.2, -0.15) is 0 Å². The Balaban J connectivity index is 5.08. The lowest BCUT2D eigenvalue weighted by Gasteiger charge is -1.87. The van der Waals surface area contributed by atoms with Gasteiger partial charge in [0, 0.05) is 13.8 Å². The van der Waals surface area contributed by atoms with Crippen LogP contribution in [-0.2, 0) is 14.4 Å². The quantitative estimate of drug-likeness (QED) is 0.406. The first-order valence-electron chi connectivity index (χ1n) is 4.61. The second kappa shape index (κ2) is 3.12. The Hall–Kier alpha value is -0.990. The minimum Gasteiger partial charge on any atom is -0.300 e. The van der Waals surface area contributed by atoms with Crippen LogP contribution in [0.2, 0.25) is 0 Å². The van der Waals surface area contributed by atoms with Crippen LogP contribution < -0.4 is 0 Å². The monoisotopic (exact) mass is 133 g/mol. The molecule has 0 saturated carbocycles. The van der Waals surface area contributed by atoms with Crippen molar-refractivity contribution in [1.82, 2.24) is 0 Å². The van der Waals surface area contributed by atoms with Crippen LogP contribution in [0.15, 0.2) is 0 Å². The van der Waals surface area contributed by atoms with Gasteiger partial charge in [-0.15, -0.1) is 0 Å². The normalized spacial score (nSPS) is 19.9. The predicted octanol–water partition coefficient (Wildman–Crippen LogP) is 0.124. The number of hydrogen-bond donors (Lipinski definition) is 0. The van der Waals surface area contributed by atoms with Gasteiger partial charge in [0.25, 0.3) is 0 Å². The number of carbonyl (C=O) groups excluding carboxylic acids is 3. The summed E-state index contributed by atoms with van der Waals surface area (Å²) in [6, 6.07) is 0. The number of carbonyl (C=O) groups is 3. The Labute approximate surface area is 60.1 Å². The van der Waals surface area contributed by atoms with Gasteiger partial charge in [0.1, 0.15) is 5.78 Å². The van der Waals surface area contributed by atoms with Crippen LogP contribution >= 0.6 is 0 Å². The molecule has 0 aliphatic heterocycles. The zero-order valence-electron chi connectivity index (χ0n) is 9.72. The van der Waals surface area contributed by atoms with E-state index < -0.39 is 30.6 Å². The van der Waals surface area contributed by atoms with Crippen LogP contribution in [0.25, 0.3) is 0 Å². The van der Waals surface area contributed by atoms with Crippen LogP contribution in [0.5, 0.6) is 0 Å². The van der Waals surface area contributed by atoms with E-state index in [1.54, 1.807) is 0 Å². The van der Waals surface area contributed by atoms with Gasteiger partial charge in [-0.3, -0.25) is 14.4 Å². The summed E-state index contributed by atoms with van der Waals surface area (Å²) in [7, 11) is 0. The van der Waals surface area contributed by atoms with Crippen molar-refractivity contribution in [2.24, 2.45) is 0 Å². The molecule has 0 saturated heterocycles. The number of rotatable bonds is 3. The molecule has 9 heavy (non-hydrogen) atoms. The molecule has 0 radical (unpaired) electrons. The van der Waals surface area contributed by atoms with Crippen LogP contribution in [0.4, 0.5) is 0 Å². The van der Waals surface area contributed by atoms with E-state index in [2.05, 4.69) is 0 Å². The second-order valence-electron chi connectivity index (χ2n) is 1.34. The summed E-state index contributed by atoms with van der Waals surface area (Å²) >= 11 is 0. The summed E-state index contributed by atoms with van der Waals surface area (Å²) in [5.41, 5.74) is 0. The van der Waals surface area contributed by atoms with Gasteiger partial charge in [-0.25, -0.2) is 0 Å². The van der Waals surface area contributed by atoms with Gasteiger partial charge in [0.2, 0.25) is 5.78 Å². The van der Waals surface area contributed by atoms with Gasteiger partial charge < -0.3 is 0 Å². The fourth-order valence-electron chi connectivity index (χ4n) is 0.191. The highest BCUT2D eigenvalue weighted by atomic mass is 16.2. The van der Waals surface area contributed by atoms with Crippen LogP contribution in [-0.4, -0.2) is 17.3 Å². The van der Waals surface area contributed by atoms with E-state index in [4.69, 9.17) is 6.85 Å². The largest absolute Gasteiger partial charge is 0.300 e. The maximum absolute atomic E-state index is 10.9. The van der Waals surface area contributed by atoms with Gasteiger partial charge in [0.15, 0.2) is 5.78 Å². The van der Waals surface area contributed by atoms with Crippen molar-refractivity contribution in [3.8, 4) is 0 Å². The first-order chi connectivity index (χ1) is 6.01.